The first-order valence-electron chi connectivity index (χ1n) is 3.26. The molecule has 0 aliphatic carbocycles. The first kappa shape index (κ1) is 6.38. The first-order chi connectivity index (χ1) is 4.29. The maximum absolute atomic E-state index is 5.41. The Kier molecular flexibility index (Phi) is 1.47. The Morgan fingerprint density at radius 1 is 1.22 bits per heavy atom. The van der Waals surface area contributed by atoms with Gasteiger partial charge < -0.3 is 0 Å². The van der Waals surface area contributed by atoms with Gasteiger partial charge in [0.25, 0.3) is 0 Å². The van der Waals surface area contributed by atoms with Crippen LogP contribution in [-0.4, -0.2) is 10.0 Å². The van der Waals surface area contributed by atoms with Crippen molar-refractivity contribution in [2.75, 3.05) is 0 Å². The second kappa shape index (κ2) is 2.07. The molecule has 9 heavy (non-hydrogen) atoms. The van der Waals surface area contributed by atoms with E-state index in [-0.39, 0.29) is 0 Å². The van der Waals surface area contributed by atoms with E-state index in [0.29, 0.717) is 5.44 Å². The van der Waals surface area contributed by atoms with E-state index in [2.05, 4.69) is 13.8 Å². The molecule has 0 aromatic rings. The Bertz CT molecular complexity index is 110. The maximum Gasteiger partial charge on any atom is 0.121 e. The summed E-state index contributed by atoms with van der Waals surface area (Å²) >= 11 is 3.66. The van der Waals surface area contributed by atoms with Crippen molar-refractivity contribution in [3.05, 3.63) is 0 Å². The number of hydrogen-bond donors (Lipinski definition) is 0. The van der Waals surface area contributed by atoms with E-state index < -0.39 is 0 Å². The second-order valence-corrected chi connectivity index (χ2v) is 5.22. The topological polar surface area (TPSA) is 9.23 Å². The van der Waals surface area contributed by atoms with Gasteiger partial charge >= 0.3 is 0 Å². The molecular formula is C6H10OS2. The standard InChI is InChI=1S/C6H10OS2/c1-3-4(2)6-8-5(3)7-9-6/h3-6H,1-2H3/t3-,4-,5+,6+/m0/s1. The molecule has 2 rings (SSSR count). The lowest BCUT2D eigenvalue weighted by Gasteiger charge is -2.21. The smallest absolute Gasteiger partial charge is 0.121 e. The number of hydrogen-bond acceptors (Lipinski definition) is 3. The molecule has 2 heterocycles. The van der Waals surface area contributed by atoms with Gasteiger partial charge in [0.2, 0.25) is 0 Å². The van der Waals surface area contributed by atoms with Gasteiger partial charge in [-0.15, -0.1) is 11.8 Å². The van der Waals surface area contributed by atoms with Crippen LogP contribution in [0, 0.1) is 11.8 Å². The fourth-order valence-electron chi connectivity index (χ4n) is 1.21. The lowest BCUT2D eigenvalue weighted by atomic mass is 9.99. The van der Waals surface area contributed by atoms with Crippen LogP contribution in [0.1, 0.15) is 13.8 Å². The molecule has 0 spiro atoms. The fraction of sp³-hybridized carbons (Fsp3) is 1.00. The van der Waals surface area contributed by atoms with Crippen LogP contribution in [0.2, 0.25) is 0 Å². The van der Waals surface area contributed by atoms with Crippen molar-refractivity contribution in [2.24, 2.45) is 11.8 Å². The molecule has 2 aliphatic rings. The molecule has 4 atom stereocenters. The highest BCUT2D eigenvalue weighted by Gasteiger charge is 2.46. The van der Waals surface area contributed by atoms with Gasteiger partial charge in [0, 0.05) is 12.0 Å². The van der Waals surface area contributed by atoms with Gasteiger partial charge in [0.05, 0.1) is 4.58 Å². The summed E-state index contributed by atoms with van der Waals surface area (Å²) in [5.41, 5.74) is 0.495. The second-order valence-electron chi connectivity index (χ2n) is 2.78. The molecule has 0 N–H and O–H groups in total. The van der Waals surface area contributed by atoms with E-state index in [1.165, 1.54) is 0 Å². The Balaban J connectivity index is 2.15. The summed E-state index contributed by atoms with van der Waals surface area (Å²) in [5.74, 6) is 1.61. The van der Waals surface area contributed by atoms with Crippen molar-refractivity contribution in [1.82, 2.24) is 0 Å². The molecule has 2 saturated heterocycles. The molecule has 0 amide bonds. The zero-order valence-corrected chi connectivity index (χ0v) is 7.17. The van der Waals surface area contributed by atoms with E-state index >= 15 is 0 Å². The summed E-state index contributed by atoms with van der Waals surface area (Å²) in [7, 11) is 0. The third-order valence-electron chi connectivity index (χ3n) is 2.20. The SMILES string of the molecule is C[C@@H]1[C@H]2SO[C@H](S2)[C@H]1C. The van der Waals surface area contributed by atoms with Gasteiger partial charge in [-0.25, -0.2) is 0 Å². The van der Waals surface area contributed by atoms with E-state index in [4.69, 9.17) is 4.18 Å². The van der Waals surface area contributed by atoms with Crippen LogP contribution in [0.4, 0.5) is 0 Å². The van der Waals surface area contributed by atoms with E-state index in [1.54, 1.807) is 12.0 Å². The lowest BCUT2D eigenvalue weighted by molar-refractivity contribution is 0.219. The van der Waals surface area contributed by atoms with Crippen LogP contribution >= 0.6 is 23.8 Å². The quantitative estimate of drug-likeness (QED) is 0.506. The average molecular weight is 162 g/mol. The van der Waals surface area contributed by atoms with Gasteiger partial charge in [-0.2, -0.15) is 0 Å². The summed E-state index contributed by atoms with van der Waals surface area (Å²) in [6, 6.07) is 0. The molecule has 52 valence electrons. The largest absolute Gasteiger partial charge is 0.300 e. The molecule has 0 unspecified atom stereocenters. The monoisotopic (exact) mass is 162 g/mol. The highest BCUT2D eigenvalue weighted by Crippen LogP contribution is 2.56. The van der Waals surface area contributed by atoms with E-state index in [0.717, 1.165) is 16.4 Å². The summed E-state index contributed by atoms with van der Waals surface area (Å²) in [6.45, 7) is 4.60. The minimum Gasteiger partial charge on any atom is -0.300 e. The molecule has 1 nitrogen and oxygen atoms in total. The van der Waals surface area contributed by atoms with E-state index in [9.17, 15) is 0 Å². The van der Waals surface area contributed by atoms with Gasteiger partial charge in [-0.05, 0) is 11.8 Å². The molecular weight excluding hydrogens is 152 g/mol. The highest BCUT2D eigenvalue weighted by atomic mass is 32.2. The van der Waals surface area contributed by atoms with Crippen LogP contribution in [0.3, 0.4) is 0 Å². The number of fused-ring (bicyclic) bond motifs is 2. The summed E-state index contributed by atoms with van der Waals surface area (Å²) in [5, 5.41) is 0. The number of thioether (sulfide) groups is 1. The summed E-state index contributed by atoms with van der Waals surface area (Å²) < 4.78 is 6.14. The molecule has 0 aromatic heterocycles. The van der Waals surface area contributed by atoms with E-state index in [1.807, 2.05) is 11.8 Å². The van der Waals surface area contributed by atoms with Crippen molar-refractivity contribution < 1.29 is 4.18 Å². The Morgan fingerprint density at radius 2 is 2.00 bits per heavy atom. The zero-order chi connectivity index (χ0) is 6.43. The van der Waals surface area contributed by atoms with Gasteiger partial charge in [0.1, 0.15) is 5.44 Å². The zero-order valence-electron chi connectivity index (χ0n) is 5.53. The van der Waals surface area contributed by atoms with Crippen LogP contribution < -0.4 is 0 Å². The molecule has 0 aromatic carbocycles. The predicted molar refractivity (Wildman–Crippen MR) is 42.2 cm³/mol. The molecule has 0 saturated carbocycles. The van der Waals surface area contributed by atoms with Crippen LogP contribution in [0.25, 0.3) is 0 Å². The van der Waals surface area contributed by atoms with Gasteiger partial charge in [-0.3, -0.25) is 4.18 Å². The van der Waals surface area contributed by atoms with Crippen molar-refractivity contribution in [3.63, 3.8) is 0 Å². The van der Waals surface area contributed by atoms with Crippen molar-refractivity contribution >= 4 is 23.8 Å². The fourth-order valence-corrected chi connectivity index (χ4v) is 4.24. The van der Waals surface area contributed by atoms with Gasteiger partial charge in [-0.1, -0.05) is 13.8 Å². The molecule has 2 fully saturated rings. The first-order valence-corrected chi connectivity index (χ1v) is 5.01. The lowest BCUT2D eigenvalue weighted by Crippen LogP contribution is -2.20. The average Bonchev–Trinajstić information content (AvgIpc) is 2.37. The highest BCUT2D eigenvalue weighted by molar-refractivity contribution is 8.18. The molecule has 2 bridgehead atoms. The Morgan fingerprint density at radius 3 is 2.33 bits per heavy atom. The normalized spacial score (nSPS) is 56.7. The maximum atomic E-state index is 5.41. The van der Waals surface area contributed by atoms with Crippen molar-refractivity contribution in [2.45, 2.75) is 23.9 Å². The third kappa shape index (κ3) is 0.819. The molecule has 2 aliphatic heterocycles. The Labute approximate surface area is 64.1 Å². The number of rotatable bonds is 0. The van der Waals surface area contributed by atoms with Crippen molar-refractivity contribution in [1.29, 1.82) is 0 Å². The molecule has 0 radical (unpaired) electrons. The summed E-state index contributed by atoms with van der Waals surface area (Å²) in [6.07, 6.45) is 0. The van der Waals surface area contributed by atoms with Crippen LogP contribution in [-0.2, 0) is 4.18 Å². The van der Waals surface area contributed by atoms with Crippen molar-refractivity contribution in [3.8, 4) is 0 Å². The van der Waals surface area contributed by atoms with Crippen LogP contribution in [0.5, 0.6) is 0 Å². The minimum atomic E-state index is 0.495. The van der Waals surface area contributed by atoms with Crippen LogP contribution in [0.15, 0.2) is 0 Å². The summed E-state index contributed by atoms with van der Waals surface area (Å²) in [4.78, 5) is 0. The minimum absolute atomic E-state index is 0.495. The molecule has 3 heteroatoms. The Hall–Kier alpha value is 0.660. The third-order valence-corrected chi connectivity index (χ3v) is 5.32. The predicted octanol–water partition coefficient (Wildman–Crippen LogP) is 2.34. The van der Waals surface area contributed by atoms with Gasteiger partial charge in [0.15, 0.2) is 0 Å².